The minimum atomic E-state index is -0.871. The van der Waals surface area contributed by atoms with E-state index in [1.54, 1.807) is 18.0 Å². The van der Waals surface area contributed by atoms with Gasteiger partial charge in [-0.3, -0.25) is 19.5 Å². The minimum Gasteiger partial charge on any atom is -0.342 e. The molecule has 34 heavy (non-hydrogen) atoms. The van der Waals surface area contributed by atoms with E-state index in [9.17, 15) is 14.4 Å². The smallest absolute Gasteiger partial charge is 0.325 e. The Bertz CT molecular complexity index is 996. The van der Waals surface area contributed by atoms with Crippen LogP contribution in [0.25, 0.3) is 0 Å². The number of pyridine rings is 1. The fourth-order valence-electron chi connectivity index (χ4n) is 5.04. The van der Waals surface area contributed by atoms with Crippen molar-refractivity contribution < 1.29 is 14.4 Å². The van der Waals surface area contributed by atoms with Gasteiger partial charge in [-0.15, -0.1) is 11.8 Å². The molecule has 4 rings (SSSR count). The van der Waals surface area contributed by atoms with E-state index in [-0.39, 0.29) is 23.8 Å². The summed E-state index contributed by atoms with van der Waals surface area (Å²) in [6.07, 6.45) is 5.08. The lowest BCUT2D eigenvalue weighted by molar-refractivity contribution is -0.135. The highest BCUT2D eigenvalue weighted by atomic mass is 32.2. The maximum Gasteiger partial charge on any atom is 0.325 e. The Morgan fingerprint density at radius 2 is 1.85 bits per heavy atom. The summed E-state index contributed by atoms with van der Waals surface area (Å²) in [6, 6.07) is 15.3. The second kappa shape index (κ2) is 11.0. The first-order chi connectivity index (χ1) is 16.5. The van der Waals surface area contributed by atoms with E-state index >= 15 is 0 Å². The SMILES string of the molecule is CCC[C@]1(C2CCN(C(=O)CSc3ccccc3)CC2)NC(=O)N(CCc2ccccn2)C1=O. The number of nitrogens with one attached hydrogen (secondary N) is 1. The number of nitrogens with zero attached hydrogens (tertiary/aromatic N) is 3. The molecule has 0 spiro atoms. The molecule has 0 unspecified atom stereocenters. The number of imide groups is 1. The Morgan fingerprint density at radius 1 is 1.12 bits per heavy atom. The van der Waals surface area contributed by atoms with E-state index in [1.807, 2.05) is 60.4 Å². The van der Waals surface area contributed by atoms with Gasteiger partial charge >= 0.3 is 6.03 Å². The summed E-state index contributed by atoms with van der Waals surface area (Å²) in [5, 5.41) is 3.07. The highest BCUT2D eigenvalue weighted by molar-refractivity contribution is 8.00. The number of hydrogen-bond donors (Lipinski definition) is 1. The first kappa shape index (κ1) is 24.3. The van der Waals surface area contributed by atoms with Gasteiger partial charge < -0.3 is 10.2 Å². The van der Waals surface area contributed by atoms with Crippen LogP contribution in [0, 0.1) is 5.92 Å². The van der Waals surface area contributed by atoms with Crippen molar-refractivity contribution in [2.45, 2.75) is 49.5 Å². The third-order valence-corrected chi connectivity index (χ3v) is 7.81. The van der Waals surface area contributed by atoms with Crippen LogP contribution in [0.3, 0.4) is 0 Å². The number of amides is 4. The maximum absolute atomic E-state index is 13.6. The highest BCUT2D eigenvalue weighted by Gasteiger charge is 2.55. The van der Waals surface area contributed by atoms with Crippen LogP contribution in [0.5, 0.6) is 0 Å². The Balaban J connectivity index is 1.36. The molecule has 1 aromatic heterocycles. The molecule has 0 radical (unpaired) electrons. The summed E-state index contributed by atoms with van der Waals surface area (Å²) < 4.78 is 0. The Hall–Kier alpha value is -2.87. The number of carbonyl (C=O) groups is 3. The molecule has 2 aromatic rings. The van der Waals surface area contributed by atoms with Crippen LogP contribution < -0.4 is 5.32 Å². The second-order valence-electron chi connectivity index (χ2n) is 8.94. The molecule has 1 N–H and O–H groups in total. The maximum atomic E-state index is 13.6. The van der Waals surface area contributed by atoms with E-state index in [4.69, 9.17) is 0 Å². The predicted molar refractivity (Wildman–Crippen MR) is 132 cm³/mol. The average molecular weight is 481 g/mol. The number of hydrogen-bond acceptors (Lipinski definition) is 5. The molecule has 180 valence electrons. The largest absolute Gasteiger partial charge is 0.342 e. The van der Waals surface area contributed by atoms with Gasteiger partial charge in [-0.05, 0) is 49.4 Å². The molecule has 2 saturated heterocycles. The van der Waals surface area contributed by atoms with E-state index in [0.29, 0.717) is 51.1 Å². The van der Waals surface area contributed by atoms with Gasteiger partial charge in [-0.2, -0.15) is 0 Å². The molecular weight excluding hydrogens is 448 g/mol. The van der Waals surface area contributed by atoms with Crippen molar-refractivity contribution in [1.29, 1.82) is 0 Å². The van der Waals surface area contributed by atoms with Crippen molar-refractivity contribution in [2.75, 3.05) is 25.4 Å². The molecule has 1 atom stereocenters. The van der Waals surface area contributed by atoms with Crippen molar-refractivity contribution in [1.82, 2.24) is 20.1 Å². The van der Waals surface area contributed by atoms with Crippen molar-refractivity contribution in [2.24, 2.45) is 5.92 Å². The van der Waals surface area contributed by atoms with Crippen LogP contribution in [0.1, 0.15) is 38.3 Å². The second-order valence-corrected chi connectivity index (χ2v) is 9.98. The Kier molecular flexibility index (Phi) is 7.88. The number of piperidine rings is 1. The van der Waals surface area contributed by atoms with Gasteiger partial charge in [0.25, 0.3) is 5.91 Å². The molecule has 2 aliphatic heterocycles. The zero-order chi connectivity index (χ0) is 24.0. The van der Waals surface area contributed by atoms with E-state index in [1.165, 1.54) is 4.90 Å². The average Bonchev–Trinajstić information content (AvgIpc) is 3.12. The summed E-state index contributed by atoms with van der Waals surface area (Å²) in [4.78, 5) is 47.8. The molecule has 8 heteroatoms. The Labute approximate surface area is 205 Å². The van der Waals surface area contributed by atoms with Gasteiger partial charge in [0.05, 0.1) is 5.75 Å². The lowest BCUT2D eigenvalue weighted by atomic mass is 9.74. The van der Waals surface area contributed by atoms with Crippen LogP contribution >= 0.6 is 11.8 Å². The summed E-state index contributed by atoms with van der Waals surface area (Å²) >= 11 is 1.55. The number of benzene rings is 1. The molecule has 1 aromatic carbocycles. The van der Waals surface area contributed by atoms with Crippen molar-refractivity contribution in [3.63, 3.8) is 0 Å². The standard InChI is InChI=1S/C26H32N4O3S/c1-2-14-26(24(32)30(25(33)28-26)18-13-21-8-6-7-15-27-21)20-11-16-29(17-12-20)23(31)19-34-22-9-4-3-5-10-22/h3-10,15,20H,2,11-14,16-19H2,1H3,(H,28,33)/t26-/m1/s1. The van der Waals surface area contributed by atoms with Gasteiger partial charge in [0.1, 0.15) is 5.54 Å². The Morgan fingerprint density at radius 3 is 2.53 bits per heavy atom. The van der Waals surface area contributed by atoms with Gasteiger partial charge in [-0.25, -0.2) is 4.79 Å². The number of carbonyl (C=O) groups excluding carboxylic acids is 3. The third kappa shape index (κ3) is 5.27. The zero-order valence-electron chi connectivity index (χ0n) is 19.6. The molecule has 0 aliphatic carbocycles. The van der Waals surface area contributed by atoms with Crippen LogP contribution in [0.4, 0.5) is 4.79 Å². The number of urea groups is 1. The third-order valence-electron chi connectivity index (χ3n) is 6.81. The molecule has 2 fully saturated rings. The topological polar surface area (TPSA) is 82.6 Å². The van der Waals surface area contributed by atoms with Gasteiger partial charge in [-0.1, -0.05) is 37.6 Å². The molecule has 3 heterocycles. The van der Waals surface area contributed by atoms with E-state index < -0.39 is 5.54 Å². The summed E-state index contributed by atoms with van der Waals surface area (Å²) in [5.41, 5.74) is -0.0135. The predicted octanol–water partition coefficient (Wildman–Crippen LogP) is 3.75. The zero-order valence-corrected chi connectivity index (χ0v) is 20.4. The summed E-state index contributed by atoms with van der Waals surface area (Å²) in [7, 11) is 0. The van der Waals surface area contributed by atoms with Crippen LogP contribution in [-0.4, -0.2) is 63.6 Å². The van der Waals surface area contributed by atoms with Crippen molar-refractivity contribution >= 4 is 29.6 Å². The fraction of sp³-hybridized carbons (Fsp3) is 0.462. The van der Waals surface area contributed by atoms with Crippen molar-refractivity contribution in [3.05, 3.63) is 60.4 Å². The quantitative estimate of drug-likeness (QED) is 0.437. The summed E-state index contributed by atoms with van der Waals surface area (Å²) in [5.74, 6) is 0.427. The summed E-state index contributed by atoms with van der Waals surface area (Å²) in [6.45, 7) is 3.58. The van der Waals surface area contributed by atoms with E-state index in [0.717, 1.165) is 17.0 Å². The minimum absolute atomic E-state index is 0.0228. The number of thioether (sulfide) groups is 1. The lowest BCUT2D eigenvalue weighted by Gasteiger charge is -2.41. The highest BCUT2D eigenvalue weighted by Crippen LogP contribution is 2.37. The molecule has 4 amide bonds. The lowest BCUT2D eigenvalue weighted by Crippen LogP contribution is -2.56. The molecule has 2 aliphatic rings. The first-order valence-electron chi connectivity index (χ1n) is 12.0. The van der Waals surface area contributed by atoms with Crippen LogP contribution in [0.2, 0.25) is 0 Å². The molecule has 0 saturated carbocycles. The molecule has 0 bridgehead atoms. The number of rotatable bonds is 9. The first-order valence-corrected chi connectivity index (χ1v) is 13.0. The molecule has 7 nitrogen and oxygen atoms in total. The number of aromatic nitrogens is 1. The monoisotopic (exact) mass is 480 g/mol. The fourth-order valence-corrected chi connectivity index (χ4v) is 5.86. The van der Waals surface area contributed by atoms with E-state index in [2.05, 4.69) is 10.3 Å². The van der Waals surface area contributed by atoms with Crippen LogP contribution in [0.15, 0.2) is 59.6 Å². The van der Waals surface area contributed by atoms with Crippen molar-refractivity contribution in [3.8, 4) is 0 Å². The van der Waals surface area contributed by atoms with Gasteiger partial charge in [0.2, 0.25) is 5.91 Å². The van der Waals surface area contributed by atoms with Gasteiger partial charge in [0.15, 0.2) is 0 Å². The van der Waals surface area contributed by atoms with Gasteiger partial charge in [0, 0.05) is 42.8 Å². The number of likely N-dealkylation sites (tertiary alicyclic amines) is 1. The van der Waals surface area contributed by atoms with Crippen LogP contribution in [-0.2, 0) is 16.0 Å². The normalized spacial score (nSPS) is 21.1. The molecular formula is C26H32N4O3S.